The second-order valence-electron chi connectivity index (χ2n) is 7.00. The number of aryl methyl sites for hydroxylation is 1. The van der Waals surface area contributed by atoms with Gasteiger partial charge in [-0.2, -0.15) is 4.31 Å². The highest BCUT2D eigenvalue weighted by molar-refractivity contribution is 9.10. The summed E-state index contributed by atoms with van der Waals surface area (Å²) in [6.07, 6.45) is 1.09. The quantitative estimate of drug-likeness (QED) is 0.562. The van der Waals surface area contributed by atoms with Crippen LogP contribution in [-0.2, 0) is 14.8 Å². The number of nitrogens with one attached hydrogen (secondary N) is 1. The number of benzene rings is 2. The normalized spacial score (nSPS) is 17.2. The van der Waals surface area contributed by atoms with Gasteiger partial charge in [0, 0.05) is 16.6 Å². The molecule has 0 saturated carbocycles. The molecule has 156 valence electrons. The van der Waals surface area contributed by atoms with Crippen molar-refractivity contribution in [3.63, 3.8) is 0 Å². The van der Waals surface area contributed by atoms with Crippen molar-refractivity contribution in [2.24, 2.45) is 0 Å². The third-order valence-electron chi connectivity index (χ3n) is 4.86. The number of amides is 1. The van der Waals surface area contributed by atoms with Gasteiger partial charge in [0.1, 0.15) is 11.0 Å². The van der Waals surface area contributed by atoms with E-state index in [9.17, 15) is 13.2 Å². The summed E-state index contributed by atoms with van der Waals surface area (Å²) in [5.41, 5.74) is 1.86. The molecule has 4 rings (SSSR count). The first-order chi connectivity index (χ1) is 14.3. The summed E-state index contributed by atoms with van der Waals surface area (Å²) in [5, 5.41) is 11.9. The van der Waals surface area contributed by atoms with Crippen LogP contribution in [0.25, 0.3) is 10.6 Å². The highest BCUT2D eigenvalue weighted by Crippen LogP contribution is 2.30. The number of halogens is 1. The lowest BCUT2D eigenvalue weighted by molar-refractivity contribution is -0.119. The van der Waals surface area contributed by atoms with E-state index >= 15 is 0 Å². The van der Waals surface area contributed by atoms with Crippen LogP contribution in [0.4, 0.5) is 5.13 Å². The molecule has 0 aliphatic carbocycles. The summed E-state index contributed by atoms with van der Waals surface area (Å²) in [7, 11) is -3.75. The van der Waals surface area contributed by atoms with Crippen molar-refractivity contribution in [3.8, 4) is 10.6 Å². The van der Waals surface area contributed by atoms with E-state index in [-0.39, 0.29) is 10.8 Å². The van der Waals surface area contributed by atoms with Crippen molar-refractivity contribution in [1.82, 2.24) is 14.5 Å². The van der Waals surface area contributed by atoms with Gasteiger partial charge in [-0.15, -0.1) is 10.2 Å². The van der Waals surface area contributed by atoms with Crippen molar-refractivity contribution in [2.45, 2.75) is 30.7 Å². The maximum atomic E-state index is 13.1. The lowest BCUT2D eigenvalue weighted by Gasteiger charge is -2.23. The average Bonchev–Trinajstić information content (AvgIpc) is 3.38. The van der Waals surface area contributed by atoms with Crippen LogP contribution in [0, 0.1) is 6.92 Å². The topological polar surface area (TPSA) is 92.3 Å². The SMILES string of the molecule is Cc1ccc(S(=O)(=O)N2CCCC2C(=O)Nc2nnc(-c3cccc(Br)c3)s2)cc1. The van der Waals surface area contributed by atoms with E-state index in [4.69, 9.17) is 0 Å². The number of hydrogen-bond donors (Lipinski definition) is 1. The van der Waals surface area contributed by atoms with Gasteiger partial charge in [-0.05, 0) is 44.0 Å². The molecule has 1 unspecified atom stereocenters. The van der Waals surface area contributed by atoms with E-state index in [0.29, 0.717) is 29.5 Å². The molecule has 1 fully saturated rings. The molecule has 10 heteroatoms. The Hall–Kier alpha value is -2.14. The number of rotatable bonds is 5. The second kappa shape index (κ2) is 8.54. The summed E-state index contributed by atoms with van der Waals surface area (Å²) >= 11 is 4.67. The zero-order valence-corrected chi connectivity index (χ0v) is 19.3. The Kier molecular flexibility index (Phi) is 6.01. The fraction of sp³-hybridized carbons (Fsp3) is 0.250. The Morgan fingerprint density at radius 3 is 2.70 bits per heavy atom. The standard InChI is InChI=1S/C20H19BrN4O3S2/c1-13-7-9-16(10-8-13)30(27,28)25-11-3-6-17(25)18(26)22-20-24-23-19(29-20)14-4-2-5-15(21)12-14/h2,4-5,7-10,12,17H,3,6,11H2,1H3,(H,22,24,26). The van der Waals surface area contributed by atoms with E-state index in [1.54, 1.807) is 24.3 Å². The van der Waals surface area contributed by atoms with Crippen molar-refractivity contribution >= 4 is 48.3 Å². The van der Waals surface area contributed by atoms with Gasteiger partial charge in [0.25, 0.3) is 0 Å². The molecule has 1 amide bonds. The van der Waals surface area contributed by atoms with Crippen LogP contribution >= 0.6 is 27.3 Å². The fourth-order valence-corrected chi connectivity index (χ4v) is 6.13. The van der Waals surface area contributed by atoms with Crippen LogP contribution < -0.4 is 5.32 Å². The Morgan fingerprint density at radius 2 is 1.97 bits per heavy atom. The fourth-order valence-electron chi connectivity index (χ4n) is 3.34. The van der Waals surface area contributed by atoms with Crippen LogP contribution in [0.1, 0.15) is 18.4 Å². The highest BCUT2D eigenvalue weighted by Gasteiger charge is 2.39. The van der Waals surface area contributed by atoms with Crippen LogP contribution in [0.5, 0.6) is 0 Å². The summed E-state index contributed by atoms with van der Waals surface area (Å²) in [6.45, 7) is 2.21. The van der Waals surface area contributed by atoms with Gasteiger partial charge >= 0.3 is 0 Å². The molecule has 1 N–H and O–H groups in total. The zero-order valence-electron chi connectivity index (χ0n) is 16.1. The van der Waals surface area contributed by atoms with Gasteiger partial charge in [0.05, 0.1) is 4.90 Å². The maximum Gasteiger partial charge on any atom is 0.244 e. The molecule has 1 aromatic heterocycles. The lowest BCUT2D eigenvalue weighted by atomic mass is 10.2. The third-order valence-corrected chi connectivity index (χ3v) is 8.16. The molecular weight excluding hydrogens is 488 g/mol. The van der Waals surface area contributed by atoms with Gasteiger partial charge in [-0.3, -0.25) is 10.1 Å². The Morgan fingerprint density at radius 1 is 1.20 bits per heavy atom. The molecule has 2 aromatic carbocycles. The van der Waals surface area contributed by atoms with E-state index in [1.807, 2.05) is 31.2 Å². The molecule has 0 radical (unpaired) electrons. The molecule has 3 aromatic rings. The number of nitrogens with zero attached hydrogens (tertiary/aromatic N) is 3. The number of hydrogen-bond acceptors (Lipinski definition) is 6. The van der Waals surface area contributed by atoms with Crippen LogP contribution in [-0.4, -0.2) is 41.4 Å². The summed E-state index contributed by atoms with van der Waals surface area (Å²) in [4.78, 5) is 13.1. The monoisotopic (exact) mass is 506 g/mol. The summed E-state index contributed by atoms with van der Waals surface area (Å²) < 4.78 is 28.3. The van der Waals surface area contributed by atoms with E-state index in [2.05, 4.69) is 31.4 Å². The molecule has 2 heterocycles. The van der Waals surface area contributed by atoms with E-state index in [1.165, 1.54) is 15.6 Å². The smallest absolute Gasteiger partial charge is 0.244 e. The van der Waals surface area contributed by atoms with Crippen molar-refractivity contribution in [1.29, 1.82) is 0 Å². The number of anilines is 1. The molecule has 1 aliphatic rings. The molecule has 30 heavy (non-hydrogen) atoms. The van der Waals surface area contributed by atoms with Crippen molar-refractivity contribution < 1.29 is 13.2 Å². The molecular formula is C20H19BrN4O3S2. The van der Waals surface area contributed by atoms with Gasteiger partial charge in [0.15, 0.2) is 0 Å². The number of sulfonamides is 1. The molecule has 1 saturated heterocycles. The second-order valence-corrected chi connectivity index (χ2v) is 10.8. The average molecular weight is 507 g/mol. The number of carbonyl (C=O) groups excluding carboxylic acids is 1. The van der Waals surface area contributed by atoms with Crippen LogP contribution in [0.15, 0.2) is 57.9 Å². The van der Waals surface area contributed by atoms with Crippen LogP contribution in [0.2, 0.25) is 0 Å². The highest BCUT2D eigenvalue weighted by atomic mass is 79.9. The summed E-state index contributed by atoms with van der Waals surface area (Å²) in [6, 6.07) is 13.5. The Bertz CT molecular complexity index is 1180. The first-order valence-electron chi connectivity index (χ1n) is 9.33. The van der Waals surface area contributed by atoms with Gasteiger partial charge in [-0.25, -0.2) is 8.42 Å². The van der Waals surface area contributed by atoms with Gasteiger partial charge < -0.3 is 0 Å². The van der Waals surface area contributed by atoms with E-state index < -0.39 is 16.1 Å². The third kappa shape index (κ3) is 4.31. The largest absolute Gasteiger partial charge is 0.299 e. The molecule has 7 nitrogen and oxygen atoms in total. The molecule has 1 atom stereocenters. The molecule has 0 bridgehead atoms. The minimum absolute atomic E-state index is 0.195. The predicted octanol–water partition coefficient (Wildman–Crippen LogP) is 4.07. The minimum Gasteiger partial charge on any atom is -0.299 e. The molecule has 1 aliphatic heterocycles. The number of aromatic nitrogens is 2. The van der Waals surface area contributed by atoms with Crippen molar-refractivity contribution in [2.75, 3.05) is 11.9 Å². The minimum atomic E-state index is -3.75. The van der Waals surface area contributed by atoms with Crippen LogP contribution in [0.3, 0.4) is 0 Å². The molecule has 0 spiro atoms. The van der Waals surface area contributed by atoms with Gasteiger partial charge in [0.2, 0.25) is 21.1 Å². The Balaban J connectivity index is 1.51. The first-order valence-corrected chi connectivity index (χ1v) is 12.4. The summed E-state index contributed by atoms with van der Waals surface area (Å²) in [5.74, 6) is -0.389. The van der Waals surface area contributed by atoms with Crippen molar-refractivity contribution in [3.05, 3.63) is 58.6 Å². The van der Waals surface area contributed by atoms with E-state index in [0.717, 1.165) is 15.6 Å². The maximum absolute atomic E-state index is 13.1. The zero-order chi connectivity index (χ0) is 21.3. The predicted molar refractivity (Wildman–Crippen MR) is 120 cm³/mol. The van der Waals surface area contributed by atoms with Gasteiger partial charge in [-0.1, -0.05) is 57.1 Å². The number of carbonyl (C=O) groups is 1. The Labute approximate surface area is 187 Å². The lowest BCUT2D eigenvalue weighted by Crippen LogP contribution is -2.43. The first kappa shape index (κ1) is 21.1.